The van der Waals surface area contributed by atoms with Crippen molar-refractivity contribution in [2.45, 2.75) is 51.6 Å². The van der Waals surface area contributed by atoms with E-state index in [1.807, 2.05) is 4.68 Å². The van der Waals surface area contributed by atoms with E-state index in [9.17, 15) is 8.42 Å². The molecule has 1 N–H and O–H groups in total. The Morgan fingerprint density at radius 3 is 2.85 bits per heavy atom. The molecule has 1 aliphatic heterocycles. The van der Waals surface area contributed by atoms with Crippen molar-refractivity contribution in [3.63, 3.8) is 0 Å². The quantitative estimate of drug-likeness (QED) is 0.784. The van der Waals surface area contributed by atoms with Gasteiger partial charge >= 0.3 is 0 Å². The Labute approximate surface area is 120 Å². The van der Waals surface area contributed by atoms with Gasteiger partial charge in [-0.2, -0.15) is 5.10 Å². The average Bonchev–Trinajstić information content (AvgIpc) is 2.76. The van der Waals surface area contributed by atoms with Crippen LogP contribution in [0.2, 0.25) is 0 Å². The normalized spacial score (nSPS) is 19.3. The van der Waals surface area contributed by atoms with E-state index in [2.05, 4.69) is 29.2 Å². The molecular formula is C13H24N4O2S. The van der Waals surface area contributed by atoms with E-state index in [4.69, 9.17) is 0 Å². The molecule has 7 heteroatoms. The van der Waals surface area contributed by atoms with Crippen LogP contribution in [-0.2, 0) is 22.8 Å². The lowest BCUT2D eigenvalue weighted by atomic mass is 10.1. The summed E-state index contributed by atoms with van der Waals surface area (Å²) in [5.41, 5.74) is 0. The van der Waals surface area contributed by atoms with Crippen LogP contribution in [0.4, 0.5) is 0 Å². The number of nitrogens with zero attached hydrogens (tertiary/aromatic N) is 3. The Balaban J connectivity index is 1.82. The predicted molar refractivity (Wildman–Crippen MR) is 78.6 cm³/mol. The Morgan fingerprint density at radius 2 is 2.20 bits per heavy atom. The second-order valence-corrected chi connectivity index (χ2v) is 8.16. The molecule has 0 fully saturated rings. The van der Waals surface area contributed by atoms with Crippen LogP contribution >= 0.6 is 0 Å². The maximum Gasteiger partial charge on any atom is 0.153 e. The third-order valence-electron chi connectivity index (χ3n) is 3.52. The van der Waals surface area contributed by atoms with Gasteiger partial charge in [0.15, 0.2) is 5.82 Å². The summed E-state index contributed by atoms with van der Waals surface area (Å²) in [5, 5.41) is 7.96. The molecule has 2 heterocycles. The van der Waals surface area contributed by atoms with Crippen LogP contribution in [0.3, 0.4) is 0 Å². The van der Waals surface area contributed by atoms with Crippen LogP contribution in [0.5, 0.6) is 0 Å². The van der Waals surface area contributed by atoms with Gasteiger partial charge in [0.05, 0.1) is 12.3 Å². The first-order valence-electron chi connectivity index (χ1n) is 7.20. The fourth-order valence-electron chi connectivity index (χ4n) is 2.38. The average molecular weight is 300 g/mol. The van der Waals surface area contributed by atoms with Crippen molar-refractivity contribution in [3.05, 3.63) is 11.6 Å². The number of hydrogen-bond acceptors (Lipinski definition) is 5. The van der Waals surface area contributed by atoms with Gasteiger partial charge in [-0.05, 0) is 19.4 Å². The van der Waals surface area contributed by atoms with Crippen molar-refractivity contribution in [3.8, 4) is 0 Å². The highest BCUT2D eigenvalue weighted by Gasteiger charge is 2.21. The van der Waals surface area contributed by atoms with Crippen LogP contribution in [0.1, 0.15) is 44.3 Å². The first kappa shape index (κ1) is 15.4. The van der Waals surface area contributed by atoms with E-state index in [-0.39, 0.29) is 5.75 Å². The monoisotopic (exact) mass is 300 g/mol. The molecular weight excluding hydrogens is 276 g/mol. The van der Waals surface area contributed by atoms with Crippen LogP contribution in [0.25, 0.3) is 0 Å². The molecule has 1 aromatic heterocycles. The molecule has 1 unspecified atom stereocenters. The Morgan fingerprint density at radius 1 is 1.45 bits per heavy atom. The number of sulfone groups is 1. The minimum Gasteiger partial charge on any atom is -0.312 e. The van der Waals surface area contributed by atoms with Gasteiger partial charge in [0, 0.05) is 24.6 Å². The number of hydrogen-bond donors (Lipinski definition) is 1. The topological polar surface area (TPSA) is 76.9 Å². The zero-order chi connectivity index (χ0) is 14.8. The van der Waals surface area contributed by atoms with Crippen molar-refractivity contribution >= 4 is 9.84 Å². The largest absolute Gasteiger partial charge is 0.312 e. The molecule has 0 radical (unpaired) electrons. The van der Waals surface area contributed by atoms with Gasteiger partial charge in [-0.1, -0.05) is 13.8 Å². The molecule has 0 spiro atoms. The molecule has 0 saturated carbocycles. The maximum absolute atomic E-state index is 11.1. The first-order valence-corrected chi connectivity index (χ1v) is 9.26. The van der Waals surface area contributed by atoms with Crippen molar-refractivity contribution in [2.24, 2.45) is 0 Å². The van der Waals surface area contributed by atoms with Gasteiger partial charge in [0.2, 0.25) is 0 Å². The molecule has 0 saturated heterocycles. The molecule has 0 amide bonds. The Bertz CT molecular complexity index is 551. The lowest BCUT2D eigenvalue weighted by Gasteiger charge is -2.23. The summed E-state index contributed by atoms with van der Waals surface area (Å²) in [6.45, 7) is 5.76. The van der Waals surface area contributed by atoms with Crippen LogP contribution in [0.15, 0.2) is 0 Å². The summed E-state index contributed by atoms with van der Waals surface area (Å²) >= 11 is 0. The van der Waals surface area contributed by atoms with Crippen LogP contribution in [0, 0.1) is 0 Å². The number of nitrogens with one attached hydrogen (secondary N) is 1. The number of fused-ring (bicyclic) bond motifs is 1. The lowest BCUT2D eigenvalue weighted by molar-refractivity contribution is 0.359. The molecule has 20 heavy (non-hydrogen) atoms. The summed E-state index contributed by atoms with van der Waals surface area (Å²) in [6, 6.07) is 0.365. The molecule has 114 valence electrons. The van der Waals surface area contributed by atoms with Gasteiger partial charge in [-0.25, -0.2) is 18.1 Å². The number of rotatable bonds is 6. The van der Waals surface area contributed by atoms with E-state index in [1.54, 1.807) is 0 Å². The maximum atomic E-state index is 11.1. The van der Waals surface area contributed by atoms with Crippen molar-refractivity contribution < 1.29 is 8.42 Å². The van der Waals surface area contributed by atoms with Gasteiger partial charge in [-0.15, -0.1) is 0 Å². The zero-order valence-corrected chi connectivity index (χ0v) is 13.3. The molecule has 0 bridgehead atoms. The first-order chi connectivity index (χ1) is 9.35. The van der Waals surface area contributed by atoms with E-state index in [0.29, 0.717) is 18.4 Å². The number of aryl methyl sites for hydroxylation is 1. The Kier molecular flexibility index (Phi) is 4.80. The smallest absolute Gasteiger partial charge is 0.153 e. The SMILES string of the molecule is CC(C)c1nc2n(n1)CC(NCCCS(C)(=O)=O)CC2. The molecule has 6 nitrogen and oxygen atoms in total. The minimum absolute atomic E-state index is 0.249. The summed E-state index contributed by atoms with van der Waals surface area (Å²) in [5.74, 6) is 2.59. The fraction of sp³-hybridized carbons (Fsp3) is 0.846. The standard InChI is InChI=1S/C13H24N4O2S/c1-10(2)13-15-12-6-5-11(9-17(12)16-13)14-7-4-8-20(3,18)19/h10-11,14H,4-9H2,1-3H3. The summed E-state index contributed by atoms with van der Waals surface area (Å²) in [4.78, 5) is 4.56. The zero-order valence-electron chi connectivity index (χ0n) is 12.5. The van der Waals surface area contributed by atoms with Gasteiger partial charge < -0.3 is 5.32 Å². The highest BCUT2D eigenvalue weighted by Crippen LogP contribution is 2.16. The Hall–Kier alpha value is -0.950. The van der Waals surface area contributed by atoms with E-state index < -0.39 is 9.84 Å². The lowest BCUT2D eigenvalue weighted by Crippen LogP contribution is -2.38. The fourth-order valence-corrected chi connectivity index (χ4v) is 3.05. The molecule has 0 aromatic carbocycles. The van der Waals surface area contributed by atoms with Gasteiger partial charge in [0.1, 0.15) is 15.7 Å². The molecule has 1 aromatic rings. The number of aromatic nitrogens is 3. The second kappa shape index (κ2) is 6.22. The predicted octanol–water partition coefficient (Wildman–Crippen LogP) is 0.741. The molecule has 0 aliphatic carbocycles. The van der Waals surface area contributed by atoms with E-state index >= 15 is 0 Å². The molecule has 2 rings (SSSR count). The summed E-state index contributed by atoms with van der Waals surface area (Å²) in [6.07, 6.45) is 3.91. The third-order valence-corrected chi connectivity index (χ3v) is 4.55. The molecule has 1 aliphatic rings. The molecule has 1 atom stereocenters. The van der Waals surface area contributed by atoms with Crippen molar-refractivity contribution in [1.82, 2.24) is 20.1 Å². The van der Waals surface area contributed by atoms with Gasteiger partial charge in [-0.3, -0.25) is 0 Å². The second-order valence-electron chi connectivity index (χ2n) is 5.90. The van der Waals surface area contributed by atoms with Crippen molar-refractivity contribution in [2.75, 3.05) is 18.6 Å². The van der Waals surface area contributed by atoms with E-state index in [0.717, 1.165) is 37.6 Å². The van der Waals surface area contributed by atoms with E-state index in [1.165, 1.54) is 6.26 Å². The highest BCUT2D eigenvalue weighted by atomic mass is 32.2. The summed E-state index contributed by atoms with van der Waals surface area (Å²) < 4.78 is 24.1. The van der Waals surface area contributed by atoms with Crippen LogP contribution < -0.4 is 5.32 Å². The van der Waals surface area contributed by atoms with Gasteiger partial charge in [0.25, 0.3) is 0 Å². The van der Waals surface area contributed by atoms with Crippen LogP contribution in [-0.4, -0.2) is 47.8 Å². The highest BCUT2D eigenvalue weighted by molar-refractivity contribution is 7.90. The minimum atomic E-state index is -2.85. The third kappa shape index (κ3) is 4.28. The summed E-state index contributed by atoms with van der Waals surface area (Å²) in [7, 11) is -2.85. The van der Waals surface area contributed by atoms with Crippen molar-refractivity contribution in [1.29, 1.82) is 0 Å².